The van der Waals surface area contributed by atoms with Crippen LogP contribution in [0.25, 0.3) is 6.08 Å². The number of phenols is 1. The summed E-state index contributed by atoms with van der Waals surface area (Å²) in [4.78, 5) is 26.8. The van der Waals surface area contributed by atoms with Crippen LogP contribution in [0.5, 0.6) is 5.75 Å². The number of hydrogen-bond acceptors (Lipinski definition) is 4. The van der Waals surface area contributed by atoms with Gasteiger partial charge < -0.3 is 5.11 Å². The van der Waals surface area contributed by atoms with E-state index in [9.17, 15) is 14.7 Å². The van der Waals surface area contributed by atoms with Crippen molar-refractivity contribution in [2.24, 2.45) is 5.41 Å². The van der Waals surface area contributed by atoms with Gasteiger partial charge in [0.1, 0.15) is 5.75 Å². The molecule has 1 aliphatic heterocycles. The van der Waals surface area contributed by atoms with Crippen LogP contribution in [-0.4, -0.2) is 27.7 Å². The van der Waals surface area contributed by atoms with Crippen molar-refractivity contribution in [1.82, 2.24) is 4.90 Å². The summed E-state index contributed by atoms with van der Waals surface area (Å²) in [6, 6.07) is 5.17. The summed E-state index contributed by atoms with van der Waals surface area (Å²) < 4.78 is 0. The zero-order valence-corrected chi connectivity index (χ0v) is 15.0. The number of rotatable bonds is 3. The standard InChI is InChI=1S/C19H23NO3S/c1-13-10-14(6-7-15(13)21)11-16-17(22)20(18(23)24-16)12-19(2)8-4-3-5-9-19/h6-7,10-11,21H,3-5,8-9,12H2,1-2H3/b16-11-. The zero-order chi connectivity index (χ0) is 17.3. The Bertz CT molecular complexity index is 705. The first-order chi connectivity index (χ1) is 11.4. The number of benzene rings is 1. The maximum atomic E-state index is 12.7. The number of hydrogen-bond donors (Lipinski definition) is 1. The molecule has 2 amide bonds. The molecule has 2 aliphatic rings. The monoisotopic (exact) mass is 345 g/mol. The number of carbonyl (C=O) groups is 2. The first kappa shape index (κ1) is 17.1. The fourth-order valence-electron chi connectivity index (χ4n) is 3.50. The molecule has 128 valence electrons. The van der Waals surface area contributed by atoms with Gasteiger partial charge in [-0.15, -0.1) is 0 Å². The largest absolute Gasteiger partial charge is 0.508 e. The van der Waals surface area contributed by atoms with Crippen LogP contribution in [0, 0.1) is 12.3 Å². The highest BCUT2D eigenvalue weighted by Crippen LogP contribution is 2.40. The van der Waals surface area contributed by atoms with E-state index in [0.717, 1.165) is 35.7 Å². The second-order valence-electron chi connectivity index (χ2n) is 7.19. The lowest BCUT2D eigenvalue weighted by Crippen LogP contribution is -2.39. The minimum absolute atomic E-state index is 0.0503. The summed E-state index contributed by atoms with van der Waals surface area (Å²) >= 11 is 1.01. The van der Waals surface area contributed by atoms with Gasteiger partial charge in [-0.05, 0) is 66.3 Å². The average Bonchev–Trinajstić information content (AvgIpc) is 2.79. The second-order valence-corrected chi connectivity index (χ2v) is 8.18. The molecule has 2 fully saturated rings. The molecule has 24 heavy (non-hydrogen) atoms. The minimum atomic E-state index is -0.192. The molecule has 1 aromatic rings. The van der Waals surface area contributed by atoms with Crippen LogP contribution in [-0.2, 0) is 4.79 Å². The van der Waals surface area contributed by atoms with Crippen molar-refractivity contribution < 1.29 is 14.7 Å². The summed E-state index contributed by atoms with van der Waals surface area (Å²) in [5.41, 5.74) is 1.62. The Morgan fingerprint density at radius 2 is 1.96 bits per heavy atom. The third-order valence-electron chi connectivity index (χ3n) is 4.99. The third kappa shape index (κ3) is 3.51. The first-order valence-electron chi connectivity index (χ1n) is 8.43. The van der Waals surface area contributed by atoms with Crippen molar-refractivity contribution in [3.05, 3.63) is 34.2 Å². The molecule has 1 heterocycles. The van der Waals surface area contributed by atoms with E-state index in [1.165, 1.54) is 24.2 Å². The van der Waals surface area contributed by atoms with Gasteiger partial charge in [0, 0.05) is 6.54 Å². The molecular weight excluding hydrogens is 322 g/mol. The van der Waals surface area contributed by atoms with Gasteiger partial charge in [0.15, 0.2) is 0 Å². The van der Waals surface area contributed by atoms with E-state index in [2.05, 4.69) is 6.92 Å². The predicted octanol–water partition coefficient (Wildman–Crippen LogP) is 4.71. The molecule has 4 nitrogen and oxygen atoms in total. The number of aromatic hydroxyl groups is 1. The number of phenolic OH excluding ortho intramolecular Hbond substituents is 1. The van der Waals surface area contributed by atoms with Crippen molar-refractivity contribution in [1.29, 1.82) is 0 Å². The lowest BCUT2D eigenvalue weighted by Gasteiger charge is -2.35. The summed E-state index contributed by atoms with van der Waals surface area (Å²) in [6.45, 7) is 4.51. The van der Waals surface area contributed by atoms with Gasteiger partial charge in [-0.1, -0.05) is 32.3 Å². The van der Waals surface area contributed by atoms with Crippen molar-refractivity contribution in [2.75, 3.05) is 6.54 Å². The highest BCUT2D eigenvalue weighted by Gasteiger charge is 2.40. The van der Waals surface area contributed by atoms with Crippen LogP contribution in [0.15, 0.2) is 23.1 Å². The highest BCUT2D eigenvalue weighted by molar-refractivity contribution is 8.18. The molecular formula is C19H23NO3S. The summed E-state index contributed by atoms with van der Waals surface area (Å²) in [5, 5.41) is 9.42. The lowest BCUT2D eigenvalue weighted by atomic mass is 9.75. The Balaban J connectivity index is 1.78. The molecule has 1 aliphatic carbocycles. The molecule has 0 unspecified atom stereocenters. The van der Waals surface area contributed by atoms with Crippen molar-refractivity contribution >= 4 is 29.0 Å². The molecule has 3 rings (SSSR count). The van der Waals surface area contributed by atoms with Gasteiger partial charge in [-0.25, -0.2) is 0 Å². The van der Waals surface area contributed by atoms with Gasteiger partial charge in [0.05, 0.1) is 4.91 Å². The molecule has 1 aromatic carbocycles. The van der Waals surface area contributed by atoms with E-state index in [-0.39, 0.29) is 22.3 Å². The van der Waals surface area contributed by atoms with E-state index >= 15 is 0 Å². The predicted molar refractivity (Wildman–Crippen MR) is 96.7 cm³/mol. The average molecular weight is 345 g/mol. The SMILES string of the molecule is Cc1cc(/C=C2\SC(=O)N(CC3(C)CCCCC3)C2=O)ccc1O. The van der Waals surface area contributed by atoms with Gasteiger partial charge in [-0.2, -0.15) is 0 Å². The lowest BCUT2D eigenvalue weighted by molar-refractivity contribution is -0.124. The molecule has 0 spiro atoms. The van der Waals surface area contributed by atoms with E-state index in [1.807, 2.05) is 13.0 Å². The number of thioether (sulfide) groups is 1. The maximum Gasteiger partial charge on any atom is 0.293 e. The summed E-state index contributed by atoms with van der Waals surface area (Å²) in [7, 11) is 0. The Labute approximate surface area is 146 Å². The number of carbonyl (C=O) groups excluding carboxylic acids is 2. The van der Waals surface area contributed by atoms with Crippen LogP contribution in [0.4, 0.5) is 4.79 Å². The van der Waals surface area contributed by atoms with E-state index in [4.69, 9.17) is 0 Å². The molecule has 1 saturated heterocycles. The molecule has 0 radical (unpaired) electrons. The highest BCUT2D eigenvalue weighted by atomic mass is 32.2. The molecule has 0 atom stereocenters. The van der Waals surface area contributed by atoms with Crippen molar-refractivity contribution in [3.8, 4) is 5.75 Å². The third-order valence-corrected chi connectivity index (χ3v) is 5.90. The Kier molecular flexibility index (Phi) is 4.72. The first-order valence-corrected chi connectivity index (χ1v) is 9.25. The number of amides is 2. The second kappa shape index (κ2) is 6.63. The molecule has 1 saturated carbocycles. The van der Waals surface area contributed by atoms with Gasteiger partial charge in [0.2, 0.25) is 0 Å². The van der Waals surface area contributed by atoms with Crippen molar-refractivity contribution in [2.45, 2.75) is 46.0 Å². The fourth-order valence-corrected chi connectivity index (χ4v) is 4.34. The van der Waals surface area contributed by atoms with E-state index in [0.29, 0.717) is 11.4 Å². The Morgan fingerprint density at radius 3 is 2.62 bits per heavy atom. The fraction of sp³-hybridized carbons (Fsp3) is 0.474. The Morgan fingerprint density at radius 1 is 1.25 bits per heavy atom. The van der Waals surface area contributed by atoms with Gasteiger partial charge in [-0.3, -0.25) is 14.5 Å². The van der Waals surface area contributed by atoms with Crippen molar-refractivity contribution in [3.63, 3.8) is 0 Å². The minimum Gasteiger partial charge on any atom is -0.508 e. The molecule has 0 bridgehead atoms. The van der Waals surface area contributed by atoms with Crippen LogP contribution in [0.3, 0.4) is 0 Å². The normalized spacial score (nSPS) is 22.4. The molecule has 0 aromatic heterocycles. The smallest absolute Gasteiger partial charge is 0.293 e. The quantitative estimate of drug-likeness (QED) is 0.806. The molecule has 1 N–H and O–H groups in total. The Hall–Kier alpha value is -1.75. The number of nitrogens with zero attached hydrogens (tertiary/aromatic N) is 1. The topological polar surface area (TPSA) is 57.6 Å². The van der Waals surface area contributed by atoms with Crippen LogP contribution in [0.2, 0.25) is 0 Å². The number of imide groups is 1. The van der Waals surface area contributed by atoms with Crippen LogP contribution < -0.4 is 0 Å². The van der Waals surface area contributed by atoms with Gasteiger partial charge >= 0.3 is 0 Å². The van der Waals surface area contributed by atoms with E-state index in [1.54, 1.807) is 18.2 Å². The number of aryl methyl sites for hydroxylation is 1. The summed E-state index contributed by atoms with van der Waals surface area (Å²) in [6.07, 6.45) is 7.48. The van der Waals surface area contributed by atoms with Crippen LogP contribution >= 0.6 is 11.8 Å². The van der Waals surface area contributed by atoms with E-state index < -0.39 is 0 Å². The maximum absolute atomic E-state index is 12.7. The van der Waals surface area contributed by atoms with Gasteiger partial charge in [0.25, 0.3) is 11.1 Å². The molecule has 5 heteroatoms. The van der Waals surface area contributed by atoms with Crippen LogP contribution in [0.1, 0.15) is 50.2 Å². The zero-order valence-electron chi connectivity index (χ0n) is 14.2. The summed E-state index contributed by atoms with van der Waals surface area (Å²) in [5.74, 6) is 0.0352.